The minimum absolute atomic E-state index is 0.426. The number of nitrogens with one attached hydrogen (secondary N) is 1. The van der Waals surface area contributed by atoms with Crippen molar-refractivity contribution in [1.29, 1.82) is 0 Å². The van der Waals surface area contributed by atoms with E-state index in [1.165, 1.54) is 30.5 Å². The Balaban J connectivity index is 1.96. The zero-order chi connectivity index (χ0) is 13.5. The first-order chi connectivity index (χ1) is 9.33. The van der Waals surface area contributed by atoms with Crippen LogP contribution in [0.3, 0.4) is 0 Å². The number of ether oxygens (including phenoxy) is 1. The molecule has 0 spiro atoms. The minimum atomic E-state index is 0.426. The lowest BCUT2D eigenvalue weighted by Gasteiger charge is -2.32. The Morgan fingerprint density at radius 1 is 1.32 bits per heavy atom. The third-order valence-corrected chi connectivity index (χ3v) is 3.74. The Morgan fingerprint density at radius 2 is 2.11 bits per heavy atom. The van der Waals surface area contributed by atoms with Gasteiger partial charge in [-0.3, -0.25) is 4.90 Å². The number of hydrogen-bond acceptors (Lipinski definition) is 3. The van der Waals surface area contributed by atoms with Gasteiger partial charge in [0.1, 0.15) is 0 Å². The second-order valence-electron chi connectivity index (χ2n) is 5.25. The van der Waals surface area contributed by atoms with Gasteiger partial charge in [0.05, 0.1) is 6.10 Å². The van der Waals surface area contributed by atoms with Crippen LogP contribution in [0.4, 0.5) is 0 Å². The summed E-state index contributed by atoms with van der Waals surface area (Å²) in [7, 11) is 2.00. The summed E-state index contributed by atoms with van der Waals surface area (Å²) in [6, 6.07) is 8.72. The fourth-order valence-electron chi connectivity index (χ4n) is 2.84. The standard InChI is InChI=1S/C16H26N2O/c1-3-19-16-9-6-10-18(13-16)12-15-8-5-4-7-14(15)11-17-2/h4-5,7-8,16-17H,3,6,9-13H2,1-2H3. The van der Waals surface area contributed by atoms with Gasteiger partial charge in [-0.1, -0.05) is 24.3 Å². The van der Waals surface area contributed by atoms with E-state index in [9.17, 15) is 0 Å². The molecule has 2 rings (SSSR count). The van der Waals surface area contributed by atoms with Crippen molar-refractivity contribution in [3.8, 4) is 0 Å². The number of piperidine rings is 1. The number of benzene rings is 1. The average Bonchev–Trinajstić information content (AvgIpc) is 2.42. The molecule has 1 unspecified atom stereocenters. The highest BCUT2D eigenvalue weighted by Gasteiger charge is 2.20. The van der Waals surface area contributed by atoms with Crippen molar-refractivity contribution < 1.29 is 4.74 Å². The predicted octanol–water partition coefficient (Wildman–Crippen LogP) is 2.41. The molecule has 3 heteroatoms. The number of rotatable bonds is 6. The fraction of sp³-hybridized carbons (Fsp3) is 0.625. The molecule has 1 aromatic carbocycles. The van der Waals surface area contributed by atoms with Gasteiger partial charge in [0.25, 0.3) is 0 Å². The average molecular weight is 262 g/mol. The van der Waals surface area contributed by atoms with Crippen LogP contribution in [-0.4, -0.2) is 37.7 Å². The van der Waals surface area contributed by atoms with Crippen molar-refractivity contribution in [2.45, 2.75) is 39.0 Å². The van der Waals surface area contributed by atoms with Gasteiger partial charge in [-0.2, -0.15) is 0 Å². The highest BCUT2D eigenvalue weighted by Crippen LogP contribution is 2.18. The summed E-state index contributed by atoms with van der Waals surface area (Å²) in [4.78, 5) is 2.53. The molecule has 0 aromatic heterocycles. The smallest absolute Gasteiger partial charge is 0.0702 e. The number of nitrogens with zero attached hydrogens (tertiary/aromatic N) is 1. The molecule has 0 amide bonds. The van der Waals surface area contributed by atoms with Crippen LogP contribution in [-0.2, 0) is 17.8 Å². The van der Waals surface area contributed by atoms with Crippen LogP contribution in [0, 0.1) is 0 Å². The summed E-state index contributed by atoms with van der Waals surface area (Å²) in [5, 5.41) is 3.25. The maximum absolute atomic E-state index is 5.77. The third kappa shape index (κ3) is 4.30. The second-order valence-corrected chi connectivity index (χ2v) is 5.25. The SMILES string of the molecule is CCOC1CCCN(Cc2ccccc2CNC)C1. The highest BCUT2D eigenvalue weighted by molar-refractivity contribution is 5.27. The summed E-state index contributed by atoms with van der Waals surface area (Å²) >= 11 is 0. The lowest BCUT2D eigenvalue weighted by molar-refractivity contribution is 0.00356. The molecule has 106 valence electrons. The van der Waals surface area contributed by atoms with E-state index in [2.05, 4.69) is 41.4 Å². The predicted molar refractivity (Wildman–Crippen MR) is 79.1 cm³/mol. The molecule has 0 radical (unpaired) electrons. The molecular formula is C16H26N2O. The largest absolute Gasteiger partial charge is 0.377 e. The van der Waals surface area contributed by atoms with Crippen molar-refractivity contribution in [2.75, 3.05) is 26.7 Å². The zero-order valence-electron chi connectivity index (χ0n) is 12.2. The first-order valence-corrected chi connectivity index (χ1v) is 7.38. The monoisotopic (exact) mass is 262 g/mol. The van der Waals surface area contributed by atoms with E-state index in [0.717, 1.165) is 26.2 Å². The normalized spacial score (nSPS) is 20.6. The van der Waals surface area contributed by atoms with Gasteiger partial charge in [-0.25, -0.2) is 0 Å². The molecule has 1 saturated heterocycles. The van der Waals surface area contributed by atoms with Crippen LogP contribution in [0.1, 0.15) is 30.9 Å². The van der Waals surface area contributed by atoms with Gasteiger partial charge >= 0.3 is 0 Å². The Kier molecular flexibility index (Phi) is 5.83. The van der Waals surface area contributed by atoms with Crippen molar-refractivity contribution in [2.24, 2.45) is 0 Å². The fourth-order valence-corrected chi connectivity index (χ4v) is 2.84. The summed E-state index contributed by atoms with van der Waals surface area (Å²) in [5.74, 6) is 0. The van der Waals surface area contributed by atoms with E-state index >= 15 is 0 Å². The van der Waals surface area contributed by atoms with E-state index in [1.54, 1.807) is 0 Å². The molecule has 1 heterocycles. The van der Waals surface area contributed by atoms with Crippen LogP contribution >= 0.6 is 0 Å². The molecule has 3 nitrogen and oxygen atoms in total. The maximum Gasteiger partial charge on any atom is 0.0702 e. The molecule has 19 heavy (non-hydrogen) atoms. The van der Waals surface area contributed by atoms with Gasteiger partial charge in [-0.05, 0) is 44.5 Å². The molecule has 1 aliphatic rings. The van der Waals surface area contributed by atoms with Crippen molar-refractivity contribution in [3.05, 3.63) is 35.4 Å². The molecule has 1 atom stereocenters. The topological polar surface area (TPSA) is 24.5 Å². The van der Waals surface area contributed by atoms with Crippen molar-refractivity contribution >= 4 is 0 Å². The van der Waals surface area contributed by atoms with E-state index < -0.39 is 0 Å². The van der Waals surface area contributed by atoms with Crippen LogP contribution in [0.25, 0.3) is 0 Å². The molecule has 0 aliphatic carbocycles. The van der Waals surface area contributed by atoms with E-state index in [0.29, 0.717) is 6.10 Å². The summed E-state index contributed by atoms with van der Waals surface area (Å²) in [5.41, 5.74) is 2.84. The lowest BCUT2D eigenvalue weighted by Crippen LogP contribution is -2.39. The first kappa shape index (κ1) is 14.5. The Labute approximate surface area is 116 Å². The highest BCUT2D eigenvalue weighted by atomic mass is 16.5. The Bertz CT molecular complexity index is 379. The van der Waals surface area contributed by atoms with E-state index in [-0.39, 0.29) is 0 Å². The van der Waals surface area contributed by atoms with Crippen LogP contribution < -0.4 is 5.32 Å². The van der Waals surface area contributed by atoms with Gasteiger partial charge in [0.15, 0.2) is 0 Å². The first-order valence-electron chi connectivity index (χ1n) is 7.38. The minimum Gasteiger partial charge on any atom is -0.377 e. The van der Waals surface area contributed by atoms with Gasteiger partial charge < -0.3 is 10.1 Å². The molecule has 1 aliphatic heterocycles. The van der Waals surface area contributed by atoms with Crippen LogP contribution in [0.2, 0.25) is 0 Å². The molecule has 1 N–H and O–H groups in total. The van der Waals surface area contributed by atoms with Crippen molar-refractivity contribution in [3.63, 3.8) is 0 Å². The second kappa shape index (κ2) is 7.63. The molecule has 0 saturated carbocycles. The van der Waals surface area contributed by atoms with Crippen molar-refractivity contribution in [1.82, 2.24) is 10.2 Å². The molecule has 0 bridgehead atoms. The summed E-state index contributed by atoms with van der Waals surface area (Å²) < 4.78 is 5.77. The van der Waals surface area contributed by atoms with Gasteiger partial charge in [0, 0.05) is 26.2 Å². The Morgan fingerprint density at radius 3 is 2.84 bits per heavy atom. The zero-order valence-corrected chi connectivity index (χ0v) is 12.2. The van der Waals surface area contributed by atoms with E-state index in [1.807, 2.05) is 7.05 Å². The summed E-state index contributed by atoms with van der Waals surface area (Å²) in [6.45, 7) is 7.16. The van der Waals surface area contributed by atoms with E-state index in [4.69, 9.17) is 4.74 Å². The van der Waals surface area contributed by atoms with Crippen LogP contribution in [0.15, 0.2) is 24.3 Å². The van der Waals surface area contributed by atoms with Crippen LogP contribution in [0.5, 0.6) is 0 Å². The maximum atomic E-state index is 5.77. The molecule has 1 aromatic rings. The number of likely N-dealkylation sites (tertiary alicyclic amines) is 1. The Hall–Kier alpha value is -0.900. The third-order valence-electron chi connectivity index (χ3n) is 3.74. The lowest BCUT2D eigenvalue weighted by atomic mass is 10.0. The number of hydrogen-bond donors (Lipinski definition) is 1. The van der Waals surface area contributed by atoms with Gasteiger partial charge in [0.2, 0.25) is 0 Å². The molecular weight excluding hydrogens is 236 g/mol. The summed E-state index contributed by atoms with van der Waals surface area (Å²) in [6.07, 6.45) is 2.89. The quantitative estimate of drug-likeness (QED) is 0.852. The van der Waals surface area contributed by atoms with Gasteiger partial charge in [-0.15, -0.1) is 0 Å². The molecule has 1 fully saturated rings.